The highest BCUT2D eigenvalue weighted by molar-refractivity contribution is 7.80. The molecule has 1 nitrogen and oxygen atoms in total. The minimum Gasteiger partial charge on any atom is -0.299 e. The van der Waals surface area contributed by atoms with Gasteiger partial charge >= 0.3 is 0 Å². The fourth-order valence-corrected chi connectivity index (χ4v) is 1.72. The van der Waals surface area contributed by atoms with Gasteiger partial charge in [-0.15, -0.1) is 0 Å². The first-order valence-corrected chi connectivity index (χ1v) is 5.22. The van der Waals surface area contributed by atoms with Crippen LogP contribution in [0.5, 0.6) is 0 Å². The van der Waals surface area contributed by atoms with E-state index in [4.69, 9.17) is 0 Å². The monoisotopic (exact) mass is 173 g/mol. The van der Waals surface area contributed by atoms with Crippen molar-refractivity contribution >= 4 is 12.6 Å². The highest BCUT2D eigenvalue weighted by atomic mass is 32.1. The minimum absolute atomic E-state index is 0.801. The molecular formula is C9H19NS. The summed E-state index contributed by atoms with van der Waals surface area (Å²) in [6.45, 7) is 7.00. The lowest BCUT2D eigenvalue weighted by molar-refractivity contribution is 0.249. The van der Waals surface area contributed by atoms with Gasteiger partial charge in [-0.25, -0.2) is 0 Å². The lowest BCUT2D eigenvalue weighted by Crippen LogP contribution is -2.31. The molecule has 66 valence electrons. The molecule has 1 aliphatic carbocycles. The predicted octanol–water partition coefficient (Wildman–Crippen LogP) is 2.04. The molecule has 0 aromatic heterocycles. The molecule has 1 fully saturated rings. The number of hydrogen-bond acceptors (Lipinski definition) is 2. The topological polar surface area (TPSA) is 3.24 Å². The molecule has 0 aromatic carbocycles. The molecule has 0 saturated heterocycles. The molecule has 1 rings (SSSR count). The molecule has 0 aromatic rings. The quantitative estimate of drug-likeness (QED) is 0.623. The molecule has 11 heavy (non-hydrogen) atoms. The van der Waals surface area contributed by atoms with Gasteiger partial charge in [0, 0.05) is 24.9 Å². The summed E-state index contributed by atoms with van der Waals surface area (Å²) in [6.07, 6.45) is 2.83. The molecular weight excluding hydrogens is 154 g/mol. The number of hydrogen-bond donors (Lipinski definition) is 1. The molecule has 0 amide bonds. The van der Waals surface area contributed by atoms with Crippen molar-refractivity contribution in [2.24, 2.45) is 5.92 Å². The van der Waals surface area contributed by atoms with Crippen molar-refractivity contribution in [1.82, 2.24) is 4.90 Å². The summed E-state index contributed by atoms with van der Waals surface area (Å²) in [5.74, 6) is 1.80. The third kappa shape index (κ3) is 3.48. The van der Waals surface area contributed by atoms with Gasteiger partial charge < -0.3 is 0 Å². The zero-order valence-electron chi connectivity index (χ0n) is 7.58. The van der Waals surface area contributed by atoms with E-state index in [-0.39, 0.29) is 0 Å². The van der Waals surface area contributed by atoms with Gasteiger partial charge in [0.05, 0.1) is 0 Å². The SMILES string of the molecule is CC(C)CN(CCS)C1CC1. The summed E-state index contributed by atoms with van der Waals surface area (Å²) < 4.78 is 0. The second-order valence-corrected chi connectivity index (χ2v) is 4.29. The van der Waals surface area contributed by atoms with Gasteiger partial charge in [0.25, 0.3) is 0 Å². The van der Waals surface area contributed by atoms with E-state index < -0.39 is 0 Å². The fraction of sp³-hybridized carbons (Fsp3) is 1.00. The summed E-state index contributed by atoms with van der Waals surface area (Å²) >= 11 is 4.26. The van der Waals surface area contributed by atoms with E-state index in [1.807, 2.05) is 0 Å². The van der Waals surface area contributed by atoms with Gasteiger partial charge in [0.1, 0.15) is 0 Å². The molecule has 0 bridgehead atoms. The van der Waals surface area contributed by atoms with Crippen molar-refractivity contribution in [1.29, 1.82) is 0 Å². The third-order valence-corrected chi connectivity index (χ3v) is 2.25. The molecule has 0 atom stereocenters. The number of thiol groups is 1. The first kappa shape index (κ1) is 9.40. The molecule has 0 heterocycles. The van der Waals surface area contributed by atoms with Crippen LogP contribution in [0.4, 0.5) is 0 Å². The summed E-state index contributed by atoms with van der Waals surface area (Å²) in [5, 5.41) is 0. The van der Waals surface area contributed by atoms with Crippen LogP contribution in [0.15, 0.2) is 0 Å². The normalized spacial score (nSPS) is 18.3. The second kappa shape index (κ2) is 4.36. The third-order valence-electron chi connectivity index (χ3n) is 2.05. The van der Waals surface area contributed by atoms with Crippen LogP contribution in [-0.2, 0) is 0 Å². The molecule has 1 saturated carbocycles. The van der Waals surface area contributed by atoms with Crippen molar-refractivity contribution in [3.63, 3.8) is 0 Å². The number of rotatable bonds is 5. The maximum absolute atomic E-state index is 4.26. The highest BCUT2D eigenvalue weighted by Gasteiger charge is 2.28. The second-order valence-electron chi connectivity index (χ2n) is 3.84. The maximum atomic E-state index is 4.26. The van der Waals surface area contributed by atoms with E-state index in [1.54, 1.807) is 0 Å². The Morgan fingerprint density at radius 3 is 2.45 bits per heavy atom. The van der Waals surface area contributed by atoms with Crippen LogP contribution in [0, 0.1) is 5.92 Å². The maximum Gasteiger partial charge on any atom is 0.00968 e. The van der Waals surface area contributed by atoms with Crippen LogP contribution in [0.1, 0.15) is 26.7 Å². The van der Waals surface area contributed by atoms with Gasteiger partial charge in [0.2, 0.25) is 0 Å². The van der Waals surface area contributed by atoms with Gasteiger partial charge in [0.15, 0.2) is 0 Å². The van der Waals surface area contributed by atoms with Crippen molar-refractivity contribution in [2.45, 2.75) is 32.7 Å². The van der Waals surface area contributed by atoms with Crippen LogP contribution >= 0.6 is 12.6 Å². The van der Waals surface area contributed by atoms with E-state index in [2.05, 4.69) is 31.4 Å². The van der Waals surface area contributed by atoms with E-state index in [9.17, 15) is 0 Å². The first-order valence-electron chi connectivity index (χ1n) is 4.59. The van der Waals surface area contributed by atoms with Crippen LogP contribution < -0.4 is 0 Å². The lowest BCUT2D eigenvalue weighted by atomic mass is 10.2. The van der Waals surface area contributed by atoms with Gasteiger partial charge in [-0.05, 0) is 18.8 Å². The summed E-state index contributed by atoms with van der Waals surface area (Å²) in [7, 11) is 0. The van der Waals surface area contributed by atoms with E-state index in [1.165, 1.54) is 25.9 Å². The molecule has 2 heteroatoms. The van der Waals surface area contributed by atoms with E-state index in [0.29, 0.717) is 0 Å². The van der Waals surface area contributed by atoms with Gasteiger partial charge in [-0.3, -0.25) is 4.90 Å². The van der Waals surface area contributed by atoms with Crippen LogP contribution in [0.2, 0.25) is 0 Å². The van der Waals surface area contributed by atoms with Crippen molar-refractivity contribution < 1.29 is 0 Å². The fourth-order valence-electron chi connectivity index (χ4n) is 1.46. The van der Waals surface area contributed by atoms with Crippen LogP contribution in [-0.4, -0.2) is 29.8 Å². The van der Waals surface area contributed by atoms with Crippen molar-refractivity contribution in [3.05, 3.63) is 0 Å². The first-order chi connectivity index (χ1) is 5.24. The zero-order valence-corrected chi connectivity index (χ0v) is 8.48. The standard InChI is InChI=1S/C9H19NS/c1-8(2)7-10(5-6-11)9-3-4-9/h8-9,11H,3-7H2,1-2H3. The lowest BCUT2D eigenvalue weighted by Gasteiger charge is -2.22. The Kier molecular flexibility index (Phi) is 3.73. The Balaban J connectivity index is 2.20. The molecule has 0 spiro atoms. The van der Waals surface area contributed by atoms with E-state index in [0.717, 1.165) is 17.7 Å². The molecule has 0 N–H and O–H groups in total. The highest BCUT2D eigenvalue weighted by Crippen LogP contribution is 2.27. The molecule has 0 radical (unpaired) electrons. The van der Waals surface area contributed by atoms with Gasteiger partial charge in [-0.2, -0.15) is 12.6 Å². The van der Waals surface area contributed by atoms with Crippen molar-refractivity contribution in [3.8, 4) is 0 Å². The Bertz CT molecular complexity index is 110. The Morgan fingerprint density at radius 1 is 1.45 bits per heavy atom. The number of nitrogens with zero attached hydrogens (tertiary/aromatic N) is 1. The van der Waals surface area contributed by atoms with E-state index >= 15 is 0 Å². The zero-order chi connectivity index (χ0) is 8.27. The van der Waals surface area contributed by atoms with Crippen LogP contribution in [0.3, 0.4) is 0 Å². The summed E-state index contributed by atoms with van der Waals surface area (Å²) in [4.78, 5) is 2.58. The molecule has 1 aliphatic rings. The van der Waals surface area contributed by atoms with Crippen LogP contribution in [0.25, 0.3) is 0 Å². The van der Waals surface area contributed by atoms with Crippen molar-refractivity contribution in [2.75, 3.05) is 18.8 Å². The molecule has 0 unspecified atom stereocenters. The average molecular weight is 173 g/mol. The summed E-state index contributed by atoms with van der Waals surface area (Å²) in [5.41, 5.74) is 0. The smallest absolute Gasteiger partial charge is 0.00968 e. The Labute approximate surface area is 75.6 Å². The van der Waals surface area contributed by atoms with Gasteiger partial charge in [-0.1, -0.05) is 13.8 Å². The molecule has 0 aliphatic heterocycles. The minimum atomic E-state index is 0.801. The largest absolute Gasteiger partial charge is 0.299 e. The Morgan fingerprint density at radius 2 is 2.09 bits per heavy atom. The summed E-state index contributed by atoms with van der Waals surface area (Å²) in [6, 6.07) is 0.907. The Hall–Kier alpha value is 0.310. The average Bonchev–Trinajstić information content (AvgIpc) is 2.66. The predicted molar refractivity (Wildman–Crippen MR) is 53.3 cm³/mol.